The van der Waals surface area contributed by atoms with Gasteiger partial charge < -0.3 is 10.1 Å². The second kappa shape index (κ2) is 6.49. The average Bonchev–Trinajstić information content (AvgIpc) is 3.01. The Morgan fingerprint density at radius 2 is 2.25 bits per heavy atom. The van der Waals surface area contributed by atoms with Crippen molar-refractivity contribution in [3.05, 3.63) is 0 Å². The molecule has 0 heterocycles. The topological polar surface area (TPSA) is 62.1 Å². The van der Waals surface area contributed by atoms with Crippen molar-refractivity contribution < 1.29 is 9.53 Å². The fourth-order valence-corrected chi connectivity index (χ4v) is 1.40. The first-order valence-corrected chi connectivity index (χ1v) is 5.90. The van der Waals surface area contributed by atoms with Gasteiger partial charge in [0.25, 0.3) is 0 Å². The van der Waals surface area contributed by atoms with E-state index in [1.165, 1.54) is 12.8 Å². The van der Waals surface area contributed by atoms with Gasteiger partial charge in [-0.05, 0) is 24.7 Å². The summed E-state index contributed by atoms with van der Waals surface area (Å²) in [6, 6.07) is 2.02. The molecule has 90 valence electrons. The molecule has 1 atom stereocenters. The average molecular weight is 224 g/mol. The quantitative estimate of drug-likeness (QED) is 0.663. The third kappa shape index (κ3) is 4.63. The highest BCUT2D eigenvalue weighted by molar-refractivity contribution is 5.81. The Kier molecular flexibility index (Phi) is 5.27. The van der Waals surface area contributed by atoms with E-state index in [0.29, 0.717) is 13.2 Å². The van der Waals surface area contributed by atoms with Gasteiger partial charge in [-0.15, -0.1) is 0 Å². The molecule has 0 aliphatic heterocycles. The van der Waals surface area contributed by atoms with Crippen LogP contribution in [0.5, 0.6) is 0 Å². The Labute approximate surface area is 97.0 Å². The number of amides is 1. The highest BCUT2D eigenvalue weighted by atomic mass is 16.5. The normalized spacial score (nSPS) is 16.9. The van der Waals surface area contributed by atoms with Crippen LogP contribution in [-0.2, 0) is 9.53 Å². The zero-order valence-corrected chi connectivity index (χ0v) is 10.0. The molecule has 1 aliphatic carbocycles. The van der Waals surface area contributed by atoms with Gasteiger partial charge in [-0.2, -0.15) is 5.26 Å². The van der Waals surface area contributed by atoms with Gasteiger partial charge in [-0.3, -0.25) is 4.79 Å². The van der Waals surface area contributed by atoms with Crippen LogP contribution in [0.25, 0.3) is 0 Å². The summed E-state index contributed by atoms with van der Waals surface area (Å²) in [5.41, 5.74) is 0. The fourth-order valence-electron chi connectivity index (χ4n) is 1.40. The molecule has 0 aromatic heterocycles. The van der Waals surface area contributed by atoms with Gasteiger partial charge in [-0.1, -0.05) is 13.8 Å². The van der Waals surface area contributed by atoms with Crippen LogP contribution in [0.15, 0.2) is 0 Å². The van der Waals surface area contributed by atoms with E-state index in [9.17, 15) is 4.79 Å². The van der Waals surface area contributed by atoms with E-state index in [2.05, 4.69) is 5.32 Å². The lowest BCUT2D eigenvalue weighted by atomic mass is 9.97. The maximum Gasteiger partial charge on any atom is 0.237 e. The third-order valence-corrected chi connectivity index (χ3v) is 2.68. The minimum absolute atomic E-state index is 0.0531. The number of nitriles is 1. The van der Waals surface area contributed by atoms with Crippen LogP contribution >= 0.6 is 0 Å². The van der Waals surface area contributed by atoms with E-state index >= 15 is 0 Å². The van der Waals surface area contributed by atoms with Gasteiger partial charge in [0.15, 0.2) is 0 Å². The van der Waals surface area contributed by atoms with Gasteiger partial charge >= 0.3 is 0 Å². The number of ether oxygens (including phenoxy) is 1. The molecule has 4 heteroatoms. The second-order valence-corrected chi connectivity index (χ2v) is 4.66. The van der Waals surface area contributed by atoms with E-state index in [1.54, 1.807) is 0 Å². The van der Waals surface area contributed by atoms with Gasteiger partial charge in [0.2, 0.25) is 5.91 Å². The Morgan fingerprint density at radius 3 is 2.75 bits per heavy atom. The van der Waals surface area contributed by atoms with E-state index in [0.717, 1.165) is 12.5 Å². The third-order valence-electron chi connectivity index (χ3n) is 2.68. The van der Waals surface area contributed by atoms with Gasteiger partial charge in [0.1, 0.15) is 5.92 Å². The predicted molar refractivity (Wildman–Crippen MR) is 60.5 cm³/mol. The van der Waals surface area contributed by atoms with Crippen molar-refractivity contribution >= 4 is 5.91 Å². The number of nitrogens with one attached hydrogen (secondary N) is 1. The van der Waals surface area contributed by atoms with Crippen LogP contribution in [0, 0.1) is 29.1 Å². The molecule has 1 N–H and O–H groups in total. The van der Waals surface area contributed by atoms with Crippen molar-refractivity contribution in [2.24, 2.45) is 17.8 Å². The Bertz CT molecular complexity index is 267. The molecule has 0 saturated heterocycles. The molecule has 1 saturated carbocycles. The maximum absolute atomic E-state index is 11.5. The molecule has 16 heavy (non-hydrogen) atoms. The molecule has 0 aromatic rings. The standard InChI is InChI=1S/C12H20N2O2/c1-9(2)11(7-13)12(15)14-5-6-16-8-10-3-4-10/h9-11H,3-6,8H2,1-2H3,(H,14,15). The number of nitrogens with zero attached hydrogens (tertiary/aromatic N) is 1. The summed E-state index contributed by atoms with van der Waals surface area (Å²) in [6.07, 6.45) is 2.55. The van der Waals surface area contributed by atoms with Crippen molar-refractivity contribution in [3.63, 3.8) is 0 Å². The Hall–Kier alpha value is -1.08. The highest BCUT2D eigenvalue weighted by Crippen LogP contribution is 2.28. The monoisotopic (exact) mass is 224 g/mol. The molecule has 4 nitrogen and oxygen atoms in total. The van der Waals surface area contributed by atoms with Crippen LogP contribution in [0.4, 0.5) is 0 Å². The molecule has 1 amide bonds. The van der Waals surface area contributed by atoms with Gasteiger partial charge in [0.05, 0.1) is 12.7 Å². The SMILES string of the molecule is CC(C)C(C#N)C(=O)NCCOCC1CC1. The molecular weight excluding hydrogens is 204 g/mol. The lowest BCUT2D eigenvalue weighted by Gasteiger charge is -2.12. The van der Waals surface area contributed by atoms with Crippen LogP contribution in [0.1, 0.15) is 26.7 Å². The minimum Gasteiger partial charge on any atom is -0.379 e. The molecule has 0 bridgehead atoms. The van der Waals surface area contributed by atoms with Crippen LogP contribution in [-0.4, -0.2) is 25.7 Å². The molecule has 0 radical (unpaired) electrons. The number of carbonyl (C=O) groups excluding carboxylic acids is 1. The maximum atomic E-state index is 11.5. The molecular formula is C12H20N2O2. The zero-order valence-electron chi connectivity index (χ0n) is 10.0. The summed E-state index contributed by atoms with van der Waals surface area (Å²) < 4.78 is 5.38. The summed E-state index contributed by atoms with van der Waals surface area (Å²) in [6.45, 7) is 5.59. The lowest BCUT2D eigenvalue weighted by molar-refractivity contribution is -0.124. The van der Waals surface area contributed by atoms with Crippen LogP contribution in [0.3, 0.4) is 0 Å². The van der Waals surface area contributed by atoms with Crippen molar-refractivity contribution in [2.45, 2.75) is 26.7 Å². The minimum atomic E-state index is -0.552. The first kappa shape index (κ1) is 13.0. The van der Waals surface area contributed by atoms with E-state index in [1.807, 2.05) is 19.9 Å². The molecule has 1 fully saturated rings. The van der Waals surface area contributed by atoms with Crippen molar-refractivity contribution in [1.82, 2.24) is 5.32 Å². The Balaban J connectivity index is 2.06. The number of hydrogen-bond donors (Lipinski definition) is 1. The lowest BCUT2D eigenvalue weighted by Crippen LogP contribution is -2.34. The van der Waals surface area contributed by atoms with Crippen LogP contribution in [0.2, 0.25) is 0 Å². The van der Waals surface area contributed by atoms with Crippen molar-refractivity contribution in [2.75, 3.05) is 19.8 Å². The molecule has 1 rings (SSSR count). The highest BCUT2D eigenvalue weighted by Gasteiger charge is 2.22. The summed E-state index contributed by atoms with van der Waals surface area (Å²) in [5.74, 6) is 0.0616. The van der Waals surface area contributed by atoms with Crippen molar-refractivity contribution in [1.29, 1.82) is 5.26 Å². The number of rotatable bonds is 7. The molecule has 0 aromatic carbocycles. The summed E-state index contributed by atoms with van der Waals surface area (Å²) in [7, 11) is 0. The second-order valence-electron chi connectivity index (χ2n) is 4.66. The first-order chi connectivity index (χ1) is 7.65. The smallest absolute Gasteiger partial charge is 0.237 e. The number of carbonyl (C=O) groups is 1. The van der Waals surface area contributed by atoms with E-state index < -0.39 is 5.92 Å². The largest absolute Gasteiger partial charge is 0.379 e. The summed E-state index contributed by atoms with van der Waals surface area (Å²) >= 11 is 0. The van der Waals surface area contributed by atoms with Gasteiger partial charge in [0, 0.05) is 13.2 Å². The predicted octanol–water partition coefficient (Wildman–Crippen LogP) is 1.32. The number of hydrogen-bond acceptors (Lipinski definition) is 3. The molecule has 0 spiro atoms. The zero-order chi connectivity index (χ0) is 12.0. The summed E-state index contributed by atoms with van der Waals surface area (Å²) in [4.78, 5) is 11.5. The van der Waals surface area contributed by atoms with Crippen LogP contribution < -0.4 is 5.32 Å². The fraction of sp³-hybridized carbons (Fsp3) is 0.833. The van der Waals surface area contributed by atoms with Gasteiger partial charge in [-0.25, -0.2) is 0 Å². The first-order valence-electron chi connectivity index (χ1n) is 5.90. The Morgan fingerprint density at radius 1 is 1.56 bits per heavy atom. The molecule has 1 aliphatic rings. The van der Waals surface area contributed by atoms with E-state index in [-0.39, 0.29) is 11.8 Å². The molecule has 1 unspecified atom stereocenters. The van der Waals surface area contributed by atoms with Crippen molar-refractivity contribution in [3.8, 4) is 6.07 Å². The summed E-state index contributed by atoms with van der Waals surface area (Å²) in [5, 5.41) is 11.5. The van der Waals surface area contributed by atoms with E-state index in [4.69, 9.17) is 10.00 Å².